The monoisotopic (exact) mass is 550 g/mol. The lowest BCUT2D eigenvalue weighted by atomic mass is 9.94. The maximum absolute atomic E-state index is 13.4. The molecule has 0 aliphatic carbocycles. The summed E-state index contributed by atoms with van der Waals surface area (Å²) in [4.78, 5) is 30.6. The summed E-state index contributed by atoms with van der Waals surface area (Å²) in [6, 6.07) is 12.1. The Morgan fingerprint density at radius 1 is 1.05 bits per heavy atom. The van der Waals surface area contributed by atoms with E-state index in [1.807, 2.05) is 31.2 Å². The molecule has 2 saturated heterocycles. The van der Waals surface area contributed by atoms with Crippen molar-refractivity contribution < 1.29 is 28.9 Å². The molecule has 0 radical (unpaired) electrons. The number of likely N-dealkylation sites (tertiary alicyclic amines) is 1. The predicted octanol–water partition coefficient (Wildman–Crippen LogP) is 4.96. The standard InChI is InChI=1S/C32H42N2O6/c1-5-6-17-39-26-10-7-24(8-11-26)29-28(30(35)25-9-12-27(23(4)20-25)40-21-22(2)3)31(36)32(37)34(29)14-13-33-15-18-38-19-16-33/h7-12,20,22,29,35H,5-6,13-19,21H2,1-4H3. The van der Waals surface area contributed by atoms with E-state index in [1.165, 1.54) is 0 Å². The fourth-order valence-corrected chi connectivity index (χ4v) is 4.98. The molecule has 1 atom stereocenters. The number of nitrogens with zero attached hydrogens (tertiary/aromatic N) is 2. The van der Waals surface area contributed by atoms with Crippen molar-refractivity contribution in [2.75, 3.05) is 52.6 Å². The fourth-order valence-electron chi connectivity index (χ4n) is 4.98. The van der Waals surface area contributed by atoms with E-state index in [-0.39, 0.29) is 11.3 Å². The van der Waals surface area contributed by atoms with Gasteiger partial charge in [0.15, 0.2) is 0 Å². The molecule has 8 heteroatoms. The fraction of sp³-hybridized carbons (Fsp3) is 0.500. The van der Waals surface area contributed by atoms with Crippen molar-refractivity contribution in [3.63, 3.8) is 0 Å². The summed E-state index contributed by atoms with van der Waals surface area (Å²) in [5.41, 5.74) is 2.17. The Hall–Kier alpha value is -3.36. The summed E-state index contributed by atoms with van der Waals surface area (Å²) in [6.07, 6.45) is 2.00. The van der Waals surface area contributed by atoms with Crippen molar-refractivity contribution in [1.82, 2.24) is 9.80 Å². The van der Waals surface area contributed by atoms with Gasteiger partial charge in [-0.15, -0.1) is 0 Å². The lowest BCUT2D eigenvalue weighted by molar-refractivity contribution is -0.140. The van der Waals surface area contributed by atoms with Gasteiger partial charge in [0.2, 0.25) is 0 Å². The number of hydrogen-bond donors (Lipinski definition) is 1. The van der Waals surface area contributed by atoms with Gasteiger partial charge in [0.1, 0.15) is 17.3 Å². The molecule has 2 aromatic rings. The van der Waals surface area contributed by atoms with Crippen molar-refractivity contribution in [3.8, 4) is 11.5 Å². The number of ether oxygens (including phenoxy) is 3. The predicted molar refractivity (Wildman–Crippen MR) is 155 cm³/mol. The lowest BCUT2D eigenvalue weighted by Crippen LogP contribution is -2.42. The summed E-state index contributed by atoms with van der Waals surface area (Å²) in [5, 5.41) is 11.5. The van der Waals surface area contributed by atoms with Gasteiger partial charge in [0.05, 0.1) is 38.0 Å². The zero-order chi connectivity index (χ0) is 28.6. The number of aryl methyl sites for hydroxylation is 1. The Morgan fingerprint density at radius 3 is 2.42 bits per heavy atom. The summed E-state index contributed by atoms with van der Waals surface area (Å²) < 4.78 is 17.2. The molecule has 4 rings (SSSR count). The minimum absolute atomic E-state index is 0.0990. The topological polar surface area (TPSA) is 88.5 Å². The highest BCUT2D eigenvalue weighted by molar-refractivity contribution is 6.46. The third-order valence-corrected chi connectivity index (χ3v) is 7.28. The summed E-state index contributed by atoms with van der Waals surface area (Å²) >= 11 is 0. The zero-order valence-electron chi connectivity index (χ0n) is 24.2. The van der Waals surface area contributed by atoms with E-state index in [1.54, 1.807) is 23.1 Å². The van der Waals surface area contributed by atoms with Gasteiger partial charge in [-0.2, -0.15) is 0 Å². The van der Waals surface area contributed by atoms with Crippen LogP contribution in [0.4, 0.5) is 0 Å². The maximum Gasteiger partial charge on any atom is 0.295 e. The van der Waals surface area contributed by atoms with E-state index in [2.05, 4.69) is 25.7 Å². The number of benzene rings is 2. The van der Waals surface area contributed by atoms with Gasteiger partial charge in [-0.1, -0.05) is 39.3 Å². The van der Waals surface area contributed by atoms with Crippen molar-refractivity contribution in [3.05, 3.63) is 64.7 Å². The second-order valence-corrected chi connectivity index (χ2v) is 10.9. The SMILES string of the molecule is CCCCOc1ccc(C2C(=C(O)c3ccc(OCC(C)C)c(C)c3)C(=O)C(=O)N2CCN2CCOCC2)cc1. The molecule has 40 heavy (non-hydrogen) atoms. The average molecular weight is 551 g/mol. The van der Waals surface area contributed by atoms with Crippen molar-refractivity contribution >= 4 is 17.4 Å². The Balaban J connectivity index is 1.67. The maximum atomic E-state index is 13.4. The number of Topliss-reactive ketones (excluding diaryl/α,β-unsaturated/α-hetero) is 1. The molecular weight excluding hydrogens is 508 g/mol. The molecule has 2 aliphatic heterocycles. The molecule has 2 fully saturated rings. The number of aliphatic hydroxyl groups excluding tert-OH is 1. The average Bonchev–Trinajstić information content (AvgIpc) is 3.21. The third-order valence-electron chi connectivity index (χ3n) is 7.28. The first-order valence-corrected chi connectivity index (χ1v) is 14.3. The van der Waals surface area contributed by atoms with Crippen LogP contribution >= 0.6 is 0 Å². The summed E-state index contributed by atoms with van der Waals surface area (Å²) in [6.45, 7) is 13.2. The smallest absolute Gasteiger partial charge is 0.295 e. The molecule has 0 aromatic heterocycles. The number of carbonyl (C=O) groups excluding carboxylic acids is 2. The molecule has 2 aliphatic rings. The molecule has 216 valence electrons. The molecular formula is C32H42N2O6. The van der Waals surface area contributed by atoms with Crippen LogP contribution in [0.15, 0.2) is 48.0 Å². The minimum atomic E-state index is -0.706. The van der Waals surface area contributed by atoms with Gasteiger partial charge >= 0.3 is 0 Å². The van der Waals surface area contributed by atoms with E-state index in [9.17, 15) is 14.7 Å². The largest absolute Gasteiger partial charge is 0.507 e. The summed E-state index contributed by atoms with van der Waals surface area (Å²) in [7, 11) is 0. The second kappa shape index (κ2) is 13.8. The molecule has 2 heterocycles. The quantitative estimate of drug-likeness (QED) is 0.173. The molecule has 1 unspecified atom stereocenters. The van der Waals surface area contributed by atoms with Crippen LogP contribution in [0.5, 0.6) is 11.5 Å². The van der Waals surface area contributed by atoms with Gasteiger partial charge in [-0.05, 0) is 60.7 Å². The van der Waals surface area contributed by atoms with Gasteiger partial charge in [0, 0.05) is 31.7 Å². The molecule has 2 aromatic carbocycles. The van der Waals surface area contributed by atoms with Gasteiger partial charge in [-0.25, -0.2) is 0 Å². The van der Waals surface area contributed by atoms with Crippen LogP contribution in [-0.2, 0) is 14.3 Å². The molecule has 1 amide bonds. The van der Waals surface area contributed by atoms with Gasteiger partial charge in [0.25, 0.3) is 11.7 Å². The molecule has 0 saturated carbocycles. The van der Waals surface area contributed by atoms with E-state index in [4.69, 9.17) is 14.2 Å². The number of hydrogen-bond acceptors (Lipinski definition) is 7. The first kappa shape index (κ1) is 29.6. The number of carbonyl (C=O) groups is 2. The zero-order valence-corrected chi connectivity index (χ0v) is 24.2. The number of unbranched alkanes of at least 4 members (excludes halogenated alkanes) is 1. The van der Waals surface area contributed by atoms with E-state index >= 15 is 0 Å². The molecule has 0 bridgehead atoms. The van der Waals surface area contributed by atoms with Crippen LogP contribution < -0.4 is 9.47 Å². The van der Waals surface area contributed by atoms with Gasteiger partial charge < -0.3 is 24.2 Å². The Kier molecular flexibility index (Phi) is 10.2. The Labute approximate surface area is 237 Å². The second-order valence-electron chi connectivity index (χ2n) is 10.9. The highest BCUT2D eigenvalue weighted by Crippen LogP contribution is 2.40. The van der Waals surface area contributed by atoms with Crippen LogP contribution in [0.25, 0.3) is 5.76 Å². The summed E-state index contributed by atoms with van der Waals surface area (Å²) in [5.74, 6) is 0.382. The molecule has 1 N–H and O–H groups in total. The van der Waals surface area contributed by atoms with Crippen LogP contribution in [0.3, 0.4) is 0 Å². The highest BCUT2D eigenvalue weighted by atomic mass is 16.5. The normalized spacial score (nSPS) is 19.4. The lowest BCUT2D eigenvalue weighted by Gasteiger charge is -2.31. The van der Waals surface area contributed by atoms with Crippen LogP contribution in [0.1, 0.15) is 56.3 Å². The molecule has 8 nitrogen and oxygen atoms in total. The minimum Gasteiger partial charge on any atom is -0.507 e. The van der Waals surface area contributed by atoms with Crippen LogP contribution in [0, 0.1) is 12.8 Å². The number of amides is 1. The van der Waals surface area contributed by atoms with E-state index in [0.29, 0.717) is 51.0 Å². The number of rotatable bonds is 12. The van der Waals surface area contributed by atoms with Gasteiger partial charge in [-0.3, -0.25) is 14.5 Å². The van der Waals surface area contributed by atoms with Crippen LogP contribution in [-0.4, -0.2) is 79.2 Å². The van der Waals surface area contributed by atoms with E-state index < -0.39 is 17.7 Å². The van der Waals surface area contributed by atoms with Crippen molar-refractivity contribution in [2.24, 2.45) is 5.92 Å². The number of ketones is 1. The first-order valence-electron chi connectivity index (χ1n) is 14.3. The Morgan fingerprint density at radius 2 is 1.77 bits per heavy atom. The first-order chi connectivity index (χ1) is 19.3. The number of morpholine rings is 1. The number of aliphatic hydroxyl groups is 1. The third kappa shape index (κ3) is 7.04. The highest BCUT2D eigenvalue weighted by Gasteiger charge is 2.46. The Bertz CT molecular complexity index is 1200. The van der Waals surface area contributed by atoms with E-state index in [0.717, 1.165) is 48.6 Å². The van der Waals surface area contributed by atoms with Crippen molar-refractivity contribution in [2.45, 2.75) is 46.6 Å². The molecule has 0 spiro atoms. The van der Waals surface area contributed by atoms with Crippen molar-refractivity contribution in [1.29, 1.82) is 0 Å². The van der Waals surface area contributed by atoms with Crippen LogP contribution in [0.2, 0.25) is 0 Å².